The van der Waals surface area contributed by atoms with Crippen LogP contribution in [-0.2, 0) is 14.4 Å². The lowest BCUT2D eigenvalue weighted by atomic mass is 10.4. The monoisotopic (exact) mass is 207 g/mol. The quantitative estimate of drug-likeness (QED) is 0.362. The molecule has 0 fully saturated rings. The zero-order chi connectivity index (χ0) is 11.3. The van der Waals surface area contributed by atoms with Gasteiger partial charge in [-0.05, 0) is 0 Å². The molecule has 0 aliphatic carbocycles. The van der Waals surface area contributed by atoms with Gasteiger partial charge in [0.1, 0.15) is 0 Å². The molecule has 0 amide bonds. The average molecular weight is 207 g/mol. The van der Waals surface area contributed by atoms with E-state index in [0.29, 0.717) is 4.90 Å². The molecule has 0 radical (unpaired) electrons. The molecule has 1 atom stereocenters. The van der Waals surface area contributed by atoms with E-state index in [1.165, 1.54) is 0 Å². The standard InChI is InChI=1S/C6H9NO7/c8-3(9)1-7(2-4(10)11)5(12)6(13)14/h5,12H,1-2H2,(H,8,9)(H,10,11)(H,13,14). The molecular weight excluding hydrogens is 198 g/mol. The Morgan fingerprint density at radius 2 is 1.36 bits per heavy atom. The zero-order valence-electron chi connectivity index (χ0n) is 6.95. The second-order valence-electron chi connectivity index (χ2n) is 2.40. The Labute approximate surface area is 78.0 Å². The molecule has 8 heteroatoms. The van der Waals surface area contributed by atoms with Gasteiger partial charge in [-0.15, -0.1) is 0 Å². The Kier molecular flexibility index (Phi) is 4.53. The first-order valence-electron chi connectivity index (χ1n) is 3.43. The first-order valence-corrected chi connectivity index (χ1v) is 3.43. The minimum absolute atomic E-state index is 0.396. The minimum Gasteiger partial charge on any atom is -0.480 e. The van der Waals surface area contributed by atoms with E-state index in [9.17, 15) is 14.4 Å². The first-order chi connectivity index (χ1) is 6.34. The molecule has 0 aromatic heterocycles. The molecule has 0 aromatic rings. The molecule has 0 aliphatic heterocycles. The molecule has 0 saturated carbocycles. The van der Waals surface area contributed by atoms with E-state index in [-0.39, 0.29) is 0 Å². The fourth-order valence-corrected chi connectivity index (χ4v) is 0.732. The van der Waals surface area contributed by atoms with Gasteiger partial charge in [-0.1, -0.05) is 0 Å². The number of hydrogen-bond acceptors (Lipinski definition) is 5. The van der Waals surface area contributed by atoms with E-state index < -0.39 is 37.2 Å². The van der Waals surface area contributed by atoms with E-state index >= 15 is 0 Å². The van der Waals surface area contributed by atoms with Crippen LogP contribution in [0.3, 0.4) is 0 Å². The van der Waals surface area contributed by atoms with E-state index in [1.54, 1.807) is 0 Å². The van der Waals surface area contributed by atoms with Crippen LogP contribution in [-0.4, -0.2) is 62.6 Å². The summed E-state index contributed by atoms with van der Waals surface area (Å²) in [4.78, 5) is 31.0. The lowest BCUT2D eigenvalue weighted by Crippen LogP contribution is -2.46. The van der Waals surface area contributed by atoms with Crippen molar-refractivity contribution in [2.24, 2.45) is 0 Å². The smallest absolute Gasteiger partial charge is 0.348 e. The maximum absolute atomic E-state index is 10.2. The van der Waals surface area contributed by atoms with Crippen LogP contribution in [0, 0.1) is 0 Å². The predicted octanol–water partition coefficient (Wildman–Crippen LogP) is -2.14. The van der Waals surface area contributed by atoms with Crippen molar-refractivity contribution >= 4 is 17.9 Å². The summed E-state index contributed by atoms with van der Waals surface area (Å²) in [5.74, 6) is -4.55. The number of aliphatic hydroxyl groups excluding tert-OH is 1. The maximum atomic E-state index is 10.2. The van der Waals surface area contributed by atoms with Crippen molar-refractivity contribution in [2.75, 3.05) is 13.1 Å². The molecule has 0 aromatic carbocycles. The number of rotatable bonds is 6. The van der Waals surface area contributed by atoms with Crippen molar-refractivity contribution in [1.82, 2.24) is 4.90 Å². The van der Waals surface area contributed by atoms with Crippen molar-refractivity contribution < 1.29 is 34.8 Å². The van der Waals surface area contributed by atoms with Gasteiger partial charge < -0.3 is 20.4 Å². The third kappa shape index (κ3) is 4.38. The number of carbonyl (C=O) groups is 3. The number of hydrogen-bond donors (Lipinski definition) is 4. The SMILES string of the molecule is O=C(O)CN(CC(=O)O)C(O)C(=O)O. The lowest BCUT2D eigenvalue weighted by Gasteiger charge is -2.20. The summed E-state index contributed by atoms with van der Waals surface area (Å²) in [5.41, 5.74) is 0. The van der Waals surface area contributed by atoms with Gasteiger partial charge in [0, 0.05) is 0 Å². The lowest BCUT2D eigenvalue weighted by molar-refractivity contribution is -0.162. The third-order valence-corrected chi connectivity index (χ3v) is 1.24. The Hall–Kier alpha value is -1.67. The molecule has 4 N–H and O–H groups in total. The second kappa shape index (κ2) is 5.14. The Morgan fingerprint density at radius 1 is 1.00 bits per heavy atom. The van der Waals surface area contributed by atoms with Gasteiger partial charge in [0.05, 0.1) is 13.1 Å². The Morgan fingerprint density at radius 3 is 1.57 bits per heavy atom. The zero-order valence-corrected chi connectivity index (χ0v) is 6.95. The molecular formula is C6H9NO7. The van der Waals surface area contributed by atoms with Gasteiger partial charge in [0.15, 0.2) is 0 Å². The number of carboxylic acid groups (broad SMARTS) is 3. The van der Waals surface area contributed by atoms with Crippen LogP contribution in [0.5, 0.6) is 0 Å². The molecule has 0 aliphatic rings. The fraction of sp³-hybridized carbons (Fsp3) is 0.500. The Bertz CT molecular complexity index is 235. The van der Waals surface area contributed by atoms with Crippen LogP contribution in [0.1, 0.15) is 0 Å². The summed E-state index contributed by atoms with van der Waals surface area (Å²) in [6, 6.07) is 0. The fourth-order valence-electron chi connectivity index (χ4n) is 0.732. The van der Waals surface area contributed by atoms with E-state index in [4.69, 9.17) is 20.4 Å². The summed E-state index contributed by atoms with van der Waals surface area (Å²) < 4.78 is 0. The van der Waals surface area contributed by atoms with Crippen LogP contribution in [0.4, 0.5) is 0 Å². The normalized spacial score (nSPS) is 12.4. The first kappa shape index (κ1) is 12.3. The average Bonchev–Trinajstić information content (AvgIpc) is 1.99. The van der Waals surface area contributed by atoms with E-state index in [2.05, 4.69) is 0 Å². The van der Waals surface area contributed by atoms with Crippen LogP contribution in [0.15, 0.2) is 0 Å². The van der Waals surface area contributed by atoms with Crippen LogP contribution in [0.2, 0.25) is 0 Å². The second-order valence-corrected chi connectivity index (χ2v) is 2.40. The molecule has 0 rings (SSSR count). The molecule has 0 bridgehead atoms. The molecule has 14 heavy (non-hydrogen) atoms. The van der Waals surface area contributed by atoms with Crippen molar-refractivity contribution in [1.29, 1.82) is 0 Å². The van der Waals surface area contributed by atoms with E-state index in [0.717, 1.165) is 0 Å². The van der Waals surface area contributed by atoms with Crippen molar-refractivity contribution in [2.45, 2.75) is 6.23 Å². The topological polar surface area (TPSA) is 135 Å². The molecule has 80 valence electrons. The minimum atomic E-state index is -2.14. The molecule has 1 unspecified atom stereocenters. The number of carboxylic acids is 3. The Balaban J connectivity index is 4.45. The summed E-state index contributed by atoms with van der Waals surface area (Å²) in [6.07, 6.45) is -2.14. The van der Waals surface area contributed by atoms with Crippen molar-refractivity contribution in [3.05, 3.63) is 0 Å². The third-order valence-electron chi connectivity index (χ3n) is 1.24. The van der Waals surface area contributed by atoms with Crippen LogP contribution >= 0.6 is 0 Å². The number of aliphatic hydroxyl groups is 1. The highest BCUT2D eigenvalue weighted by Gasteiger charge is 2.26. The van der Waals surface area contributed by atoms with Gasteiger partial charge in [-0.25, -0.2) is 9.69 Å². The largest absolute Gasteiger partial charge is 0.480 e. The maximum Gasteiger partial charge on any atom is 0.348 e. The van der Waals surface area contributed by atoms with Crippen LogP contribution < -0.4 is 0 Å². The number of aliphatic carboxylic acids is 3. The molecule has 8 nitrogen and oxygen atoms in total. The van der Waals surface area contributed by atoms with Gasteiger partial charge in [-0.2, -0.15) is 0 Å². The highest BCUT2D eigenvalue weighted by Crippen LogP contribution is 1.96. The van der Waals surface area contributed by atoms with Crippen molar-refractivity contribution in [3.63, 3.8) is 0 Å². The predicted molar refractivity (Wildman–Crippen MR) is 40.5 cm³/mol. The van der Waals surface area contributed by atoms with Gasteiger partial charge in [-0.3, -0.25) is 9.59 Å². The summed E-state index contributed by atoms with van der Waals surface area (Å²) >= 11 is 0. The molecule has 0 spiro atoms. The van der Waals surface area contributed by atoms with Gasteiger partial charge in [0.2, 0.25) is 6.23 Å². The van der Waals surface area contributed by atoms with Crippen LogP contribution in [0.25, 0.3) is 0 Å². The number of nitrogens with zero attached hydrogens (tertiary/aromatic N) is 1. The van der Waals surface area contributed by atoms with Gasteiger partial charge >= 0.3 is 17.9 Å². The molecule has 0 saturated heterocycles. The van der Waals surface area contributed by atoms with Crippen molar-refractivity contribution in [3.8, 4) is 0 Å². The van der Waals surface area contributed by atoms with E-state index in [1.807, 2.05) is 0 Å². The van der Waals surface area contributed by atoms with Gasteiger partial charge in [0.25, 0.3) is 0 Å². The highest BCUT2D eigenvalue weighted by molar-refractivity contribution is 5.76. The summed E-state index contributed by atoms with van der Waals surface area (Å²) in [7, 11) is 0. The summed E-state index contributed by atoms with van der Waals surface area (Å²) in [6.45, 7) is -1.72. The molecule has 0 heterocycles. The highest BCUT2D eigenvalue weighted by atomic mass is 16.4. The summed E-state index contributed by atoms with van der Waals surface area (Å²) in [5, 5.41) is 33.8.